The zero-order chi connectivity index (χ0) is 18.8. The van der Waals surface area contributed by atoms with Crippen LogP contribution in [0.5, 0.6) is 0 Å². The van der Waals surface area contributed by atoms with Gasteiger partial charge in [0.2, 0.25) is 5.13 Å². The van der Waals surface area contributed by atoms with Gasteiger partial charge in [-0.15, -0.1) is 10.2 Å². The monoisotopic (exact) mass is 379 g/mol. The molecule has 0 aromatic carbocycles. The fraction of sp³-hybridized carbons (Fsp3) is 0.600. The van der Waals surface area contributed by atoms with E-state index in [1.807, 2.05) is 6.92 Å². The van der Waals surface area contributed by atoms with Crippen molar-refractivity contribution in [3.63, 3.8) is 0 Å². The number of nitrogens with one attached hydrogen (secondary N) is 1. The fourth-order valence-corrected chi connectivity index (χ4v) is 3.72. The van der Waals surface area contributed by atoms with Crippen LogP contribution in [0.15, 0.2) is 4.79 Å². The number of hydrogen-bond acceptors (Lipinski definition) is 7. The van der Waals surface area contributed by atoms with Gasteiger partial charge in [0.15, 0.2) is 0 Å². The van der Waals surface area contributed by atoms with Gasteiger partial charge in [0.1, 0.15) is 10.8 Å². The highest BCUT2D eigenvalue weighted by molar-refractivity contribution is 7.15. The first-order valence-corrected chi connectivity index (χ1v) is 9.26. The fourth-order valence-electron chi connectivity index (χ4n) is 3.14. The number of rotatable bonds is 3. The maximum absolute atomic E-state index is 12.5. The Hall–Kier alpha value is -2.56. The highest BCUT2D eigenvalue weighted by atomic mass is 32.1. The van der Waals surface area contributed by atoms with E-state index >= 15 is 0 Å². The first kappa shape index (κ1) is 18.2. The van der Waals surface area contributed by atoms with Crippen molar-refractivity contribution in [2.75, 3.05) is 18.4 Å². The summed E-state index contributed by atoms with van der Waals surface area (Å²) in [4.78, 5) is 38.3. The Morgan fingerprint density at radius 2 is 2.12 bits per heavy atom. The molecule has 0 unspecified atom stereocenters. The number of likely N-dealkylation sites (tertiary alicyclic amines) is 1. The topological polar surface area (TPSA) is 115 Å². The van der Waals surface area contributed by atoms with Gasteiger partial charge in [-0.25, -0.2) is 9.48 Å². The second-order valence-corrected chi connectivity index (χ2v) is 7.36. The molecule has 10 nitrogen and oxygen atoms in total. The third kappa shape index (κ3) is 3.52. The molecule has 0 saturated carbocycles. The van der Waals surface area contributed by atoms with Crippen molar-refractivity contribution >= 4 is 28.3 Å². The maximum atomic E-state index is 12.5. The summed E-state index contributed by atoms with van der Waals surface area (Å²) < 4.78 is 2.92. The molecule has 1 fully saturated rings. The summed E-state index contributed by atoms with van der Waals surface area (Å²) in [7, 11) is 1.61. The molecule has 0 bridgehead atoms. The van der Waals surface area contributed by atoms with Gasteiger partial charge in [-0.2, -0.15) is 5.10 Å². The van der Waals surface area contributed by atoms with Gasteiger partial charge < -0.3 is 4.90 Å². The number of amides is 2. The second-order valence-electron chi connectivity index (χ2n) is 6.18. The molecule has 140 valence electrons. The molecular formula is C15H21N7O3S. The van der Waals surface area contributed by atoms with E-state index < -0.39 is 11.8 Å². The van der Waals surface area contributed by atoms with Crippen LogP contribution in [0.25, 0.3) is 0 Å². The Morgan fingerprint density at radius 3 is 2.77 bits per heavy atom. The Labute approximate surface area is 153 Å². The van der Waals surface area contributed by atoms with Crippen molar-refractivity contribution < 1.29 is 9.59 Å². The number of anilines is 1. The Kier molecular flexibility index (Phi) is 5.16. The molecule has 3 heterocycles. The van der Waals surface area contributed by atoms with E-state index in [-0.39, 0.29) is 11.6 Å². The quantitative estimate of drug-likeness (QED) is 0.757. The van der Waals surface area contributed by atoms with Crippen molar-refractivity contribution in [2.45, 2.75) is 39.2 Å². The molecule has 2 amide bonds. The molecule has 0 aliphatic carbocycles. The Balaban J connectivity index is 1.72. The second kappa shape index (κ2) is 7.36. The third-order valence-electron chi connectivity index (χ3n) is 4.37. The molecule has 2 aromatic rings. The van der Waals surface area contributed by atoms with Gasteiger partial charge >= 0.3 is 17.5 Å². The number of hydrogen-bond donors (Lipinski definition) is 1. The van der Waals surface area contributed by atoms with Gasteiger partial charge in [-0.1, -0.05) is 11.3 Å². The summed E-state index contributed by atoms with van der Waals surface area (Å²) in [5.41, 5.74) is -0.171. The van der Waals surface area contributed by atoms with Crippen LogP contribution in [0.1, 0.15) is 36.5 Å². The first-order chi connectivity index (χ1) is 12.4. The summed E-state index contributed by atoms with van der Waals surface area (Å²) in [6.45, 7) is 5.03. The highest BCUT2D eigenvalue weighted by Crippen LogP contribution is 2.25. The summed E-state index contributed by atoms with van der Waals surface area (Å²) in [6, 6.07) is 0. The Bertz CT molecular complexity index is 884. The van der Waals surface area contributed by atoms with Gasteiger partial charge in [0.05, 0.1) is 0 Å². The molecule has 26 heavy (non-hydrogen) atoms. The molecule has 0 radical (unpaired) electrons. The minimum atomic E-state index is -0.726. The highest BCUT2D eigenvalue weighted by Gasteiger charge is 2.31. The van der Waals surface area contributed by atoms with Crippen molar-refractivity contribution in [2.24, 2.45) is 7.05 Å². The van der Waals surface area contributed by atoms with Crippen LogP contribution in [0.2, 0.25) is 0 Å². The number of piperidine rings is 1. The molecule has 1 saturated heterocycles. The smallest absolute Gasteiger partial charge is 0.334 e. The lowest BCUT2D eigenvalue weighted by Crippen LogP contribution is -2.45. The van der Waals surface area contributed by atoms with Crippen molar-refractivity contribution in [3.05, 3.63) is 21.3 Å². The van der Waals surface area contributed by atoms with E-state index in [4.69, 9.17) is 0 Å². The minimum absolute atomic E-state index is 0.0712. The predicted octanol–water partition coefficient (Wildman–Crippen LogP) is 0.106. The molecule has 0 spiro atoms. The number of carbonyl (C=O) groups is 2. The van der Waals surface area contributed by atoms with Crippen molar-refractivity contribution in [3.8, 4) is 0 Å². The lowest BCUT2D eigenvalue weighted by molar-refractivity contribution is -0.144. The van der Waals surface area contributed by atoms with E-state index in [0.717, 1.165) is 12.8 Å². The largest absolute Gasteiger partial charge is 0.345 e. The molecule has 3 rings (SSSR count). The normalized spacial score (nSPS) is 17.3. The number of aromatic nitrogens is 5. The van der Waals surface area contributed by atoms with Crippen LogP contribution in [0, 0.1) is 6.92 Å². The van der Waals surface area contributed by atoms with Gasteiger partial charge in [0, 0.05) is 32.6 Å². The van der Waals surface area contributed by atoms with Crippen LogP contribution in [-0.4, -0.2) is 54.3 Å². The first-order valence-electron chi connectivity index (χ1n) is 8.44. The summed E-state index contributed by atoms with van der Waals surface area (Å²) >= 11 is 1.21. The van der Waals surface area contributed by atoms with Crippen molar-refractivity contribution in [1.82, 2.24) is 29.4 Å². The zero-order valence-corrected chi connectivity index (χ0v) is 15.7. The summed E-state index contributed by atoms with van der Waals surface area (Å²) in [5, 5.41) is 15.4. The van der Waals surface area contributed by atoms with Crippen molar-refractivity contribution in [1.29, 1.82) is 0 Å². The maximum Gasteiger partial charge on any atom is 0.345 e. The average Bonchev–Trinajstić information content (AvgIpc) is 3.17. The SMILES string of the molecule is CCn1c([C@H]2CCCN(C(=O)C(=O)Nc3nnc(C)s3)C2)nn(C)c1=O. The molecule has 2 aromatic heterocycles. The van der Waals surface area contributed by atoms with E-state index in [1.54, 1.807) is 18.5 Å². The van der Waals surface area contributed by atoms with E-state index in [1.165, 1.54) is 20.9 Å². The molecule has 1 aliphatic rings. The minimum Gasteiger partial charge on any atom is -0.334 e. The van der Waals surface area contributed by atoms with Crippen LogP contribution in [-0.2, 0) is 23.2 Å². The van der Waals surface area contributed by atoms with E-state index in [2.05, 4.69) is 20.6 Å². The summed E-state index contributed by atoms with van der Waals surface area (Å²) in [6.07, 6.45) is 1.56. The van der Waals surface area contributed by atoms with E-state index in [0.29, 0.717) is 35.6 Å². The molecule has 1 aliphatic heterocycles. The standard InChI is InChI=1S/C15H21N7O3S/c1-4-22-11(19-20(3)15(22)25)10-6-5-7-21(8-10)13(24)12(23)16-14-18-17-9(2)26-14/h10H,4-8H2,1-3H3,(H,16,18,23)/t10-/m0/s1. The summed E-state index contributed by atoms with van der Waals surface area (Å²) in [5.74, 6) is -0.740. The number of nitrogens with zero attached hydrogens (tertiary/aromatic N) is 6. The number of carbonyl (C=O) groups excluding carboxylic acids is 2. The lowest BCUT2D eigenvalue weighted by Gasteiger charge is -2.31. The van der Waals surface area contributed by atoms with Crippen LogP contribution in [0.4, 0.5) is 5.13 Å². The predicted molar refractivity (Wildman–Crippen MR) is 95.0 cm³/mol. The third-order valence-corrected chi connectivity index (χ3v) is 5.12. The Morgan fingerprint density at radius 1 is 1.35 bits per heavy atom. The van der Waals surface area contributed by atoms with E-state index in [9.17, 15) is 14.4 Å². The molecule has 1 N–H and O–H groups in total. The molecule has 11 heteroatoms. The number of aryl methyl sites for hydroxylation is 2. The molecular weight excluding hydrogens is 358 g/mol. The van der Waals surface area contributed by atoms with Gasteiger partial charge in [0.25, 0.3) is 0 Å². The van der Waals surface area contributed by atoms with Gasteiger partial charge in [-0.3, -0.25) is 19.5 Å². The lowest BCUT2D eigenvalue weighted by atomic mass is 9.97. The zero-order valence-electron chi connectivity index (χ0n) is 14.9. The molecule has 1 atom stereocenters. The van der Waals surface area contributed by atoms with Gasteiger partial charge in [-0.05, 0) is 26.7 Å². The van der Waals surface area contributed by atoms with Crippen LogP contribution >= 0.6 is 11.3 Å². The van der Waals surface area contributed by atoms with Crippen LogP contribution < -0.4 is 11.0 Å². The van der Waals surface area contributed by atoms with Crippen LogP contribution in [0.3, 0.4) is 0 Å². The average molecular weight is 379 g/mol.